The van der Waals surface area contributed by atoms with Gasteiger partial charge in [-0.15, -0.1) is 0 Å². The molecule has 24 heavy (non-hydrogen) atoms. The van der Waals surface area contributed by atoms with Gasteiger partial charge in [-0.1, -0.05) is 25.5 Å². The molecule has 0 radical (unpaired) electrons. The molecule has 0 aliphatic heterocycles. The molecular formula is C22H36O2. The van der Waals surface area contributed by atoms with E-state index >= 15 is 0 Å². The van der Waals surface area contributed by atoms with Crippen molar-refractivity contribution in [3.05, 3.63) is 11.6 Å². The summed E-state index contributed by atoms with van der Waals surface area (Å²) in [6.07, 6.45) is 11.7. The Hall–Kier alpha value is -0.340. The maximum atomic E-state index is 10.5. The zero-order chi connectivity index (χ0) is 17.3. The third-order valence-corrected chi connectivity index (χ3v) is 9.04. The van der Waals surface area contributed by atoms with Gasteiger partial charge in [0.25, 0.3) is 0 Å². The molecule has 0 aromatic carbocycles. The normalized spacial score (nSPS) is 55.2. The predicted molar refractivity (Wildman–Crippen MR) is 97.5 cm³/mol. The Morgan fingerprint density at radius 1 is 1.04 bits per heavy atom. The first-order chi connectivity index (χ1) is 11.2. The number of hydrogen-bond acceptors (Lipinski definition) is 2. The van der Waals surface area contributed by atoms with Crippen LogP contribution in [0.3, 0.4) is 0 Å². The molecule has 3 fully saturated rings. The molecule has 2 heteroatoms. The Labute approximate surface area is 147 Å². The number of allylic oxidation sites excluding steroid dienone is 1. The molecule has 0 spiro atoms. The monoisotopic (exact) mass is 332 g/mol. The Kier molecular flexibility index (Phi) is 3.80. The Bertz CT molecular complexity index is 548. The molecule has 0 aromatic rings. The molecule has 0 saturated heterocycles. The smallest absolute Gasteiger partial charge is 0.0657 e. The maximum Gasteiger partial charge on any atom is 0.0657 e. The molecule has 4 aliphatic rings. The first-order valence-electron chi connectivity index (χ1n) is 10.3. The molecule has 0 amide bonds. The largest absolute Gasteiger partial charge is 0.393 e. The molecule has 0 bridgehead atoms. The number of hydrogen-bond donors (Lipinski definition) is 2. The summed E-state index contributed by atoms with van der Waals surface area (Å²) in [5.74, 6) is 2.87. The van der Waals surface area contributed by atoms with Gasteiger partial charge < -0.3 is 10.2 Å². The van der Waals surface area contributed by atoms with Crippen LogP contribution in [-0.2, 0) is 0 Å². The quantitative estimate of drug-likeness (QED) is 0.683. The molecule has 0 heterocycles. The van der Waals surface area contributed by atoms with Crippen LogP contribution in [0.1, 0.15) is 79.1 Å². The number of aliphatic hydroxyl groups excluding tert-OH is 1. The van der Waals surface area contributed by atoms with Gasteiger partial charge in [0, 0.05) is 0 Å². The first kappa shape index (κ1) is 17.1. The molecule has 3 saturated carbocycles. The van der Waals surface area contributed by atoms with Crippen molar-refractivity contribution in [3.63, 3.8) is 0 Å². The van der Waals surface area contributed by atoms with Crippen LogP contribution in [0.4, 0.5) is 0 Å². The average molecular weight is 333 g/mol. The molecule has 1 unspecified atom stereocenters. The second kappa shape index (κ2) is 5.33. The van der Waals surface area contributed by atoms with Crippen LogP contribution >= 0.6 is 0 Å². The summed E-state index contributed by atoms with van der Waals surface area (Å²) < 4.78 is 0. The number of rotatable bonds is 1. The Morgan fingerprint density at radius 2 is 1.79 bits per heavy atom. The molecule has 2 N–H and O–H groups in total. The van der Waals surface area contributed by atoms with Gasteiger partial charge in [-0.25, -0.2) is 0 Å². The first-order valence-corrected chi connectivity index (χ1v) is 10.3. The molecule has 2 nitrogen and oxygen atoms in total. The van der Waals surface area contributed by atoms with E-state index in [4.69, 9.17) is 0 Å². The van der Waals surface area contributed by atoms with Gasteiger partial charge >= 0.3 is 0 Å². The van der Waals surface area contributed by atoms with Crippen molar-refractivity contribution >= 4 is 0 Å². The maximum absolute atomic E-state index is 10.5. The van der Waals surface area contributed by atoms with Gasteiger partial charge in [-0.2, -0.15) is 0 Å². The van der Waals surface area contributed by atoms with Crippen LogP contribution in [-0.4, -0.2) is 21.9 Å². The van der Waals surface area contributed by atoms with E-state index < -0.39 is 5.60 Å². The van der Waals surface area contributed by atoms with Crippen LogP contribution in [0.15, 0.2) is 11.6 Å². The summed E-state index contributed by atoms with van der Waals surface area (Å²) in [6.45, 7) is 9.00. The van der Waals surface area contributed by atoms with Crippen molar-refractivity contribution in [2.75, 3.05) is 0 Å². The minimum Gasteiger partial charge on any atom is -0.393 e. The van der Waals surface area contributed by atoms with E-state index in [0.717, 1.165) is 37.0 Å². The zero-order valence-corrected chi connectivity index (χ0v) is 16.0. The highest BCUT2D eigenvalue weighted by atomic mass is 16.3. The van der Waals surface area contributed by atoms with Gasteiger partial charge in [0.1, 0.15) is 0 Å². The lowest BCUT2D eigenvalue weighted by molar-refractivity contribution is -0.0778. The summed E-state index contributed by atoms with van der Waals surface area (Å²) in [5, 5.41) is 20.9. The predicted octanol–water partition coefficient (Wildman–Crippen LogP) is 4.70. The number of fused-ring (bicyclic) bond motifs is 5. The van der Waals surface area contributed by atoms with E-state index in [1.165, 1.54) is 32.1 Å². The van der Waals surface area contributed by atoms with Crippen LogP contribution in [0.2, 0.25) is 0 Å². The standard InChI is InChI=1S/C22H36O2/c1-14(23)17-7-8-18-16-6-5-15-13-20(2,24)11-12-21(15,3)19(16)9-10-22(17,18)4/h5,14,16-19,23-24H,6-13H2,1-4H3/t14?,16-,17+,18-,19-,20-,21-,22+/m0/s1. The highest BCUT2D eigenvalue weighted by Gasteiger charge is 2.59. The van der Waals surface area contributed by atoms with Crippen molar-refractivity contribution in [2.45, 2.75) is 90.8 Å². The molecule has 0 aromatic heterocycles. The third kappa shape index (κ3) is 2.28. The zero-order valence-electron chi connectivity index (χ0n) is 16.0. The fourth-order valence-corrected chi connectivity index (χ4v) is 7.64. The van der Waals surface area contributed by atoms with E-state index in [9.17, 15) is 10.2 Å². The van der Waals surface area contributed by atoms with Crippen LogP contribution in [0.25, 0.3) is 0 Å². The minimum absolute atomic E-state index is 0.161. The van der Waals surface area contributed by atoms with Gasteiger partial charge in [0.15, 0.2) is 0 Å². The van der Waals surface area contributed by atoms with Gasteiger partial charge in [0.05, 0.1) is 11.7 Å². The fourth-order valence-electron chi connectivity index (χ4n) is 7.64. The van der Waals surface area contributed by atoms with E-state index in [0.29, 0.717) is 16.7 Å². The van der Waals surface area contributed by atoms with Gasteiger partial charge in [0.2, 0.25) is 0 Å². The van der Waals surface area contributed by atoms with Crippen molar-refractivity contribution in [2.24, 2.45) is 34.5 Å². The topological polar surface area (TPSA) is 40.5 Å². The van der Waals surface area contributed by atoms with Crippen molar-refractivity contribution < 1.29 is 10.2 Å². The van der Waals surface area contributed by atoms with E-state index in [2.05, 4.69) is 19.9 Å². The summed E-state index contributed by atoms with van der Waals surface area (Å²) in [6, 6.07) is 0. The van der Waals surface area contributed by atoms with Crippen molar-refractivity contribution in [1.29, 1.82) is 0 Å². The average Bonchev–Trinajstić information content (AvgIpc) is 2.85. The van der Waals surface area contributed by atoms with Gasteiger partial charge in [-0.05, 0) is 99.7 Å². The highest BCUT2D eigenvalue weighted by molar-refractivity contribution is 5.26. The Morgan fingerprint density at radius 3 is 2.50 bits per heavy atom. The molecule has 4 aliphatic carbocycles. The molecule has 8 atom stereocenters. The molecule has 136 valence electrons. The second-order valence-electron chi connectivity index (χ2n) is 10.4. The van der Waals surface area contributed by atoms with Crippen LogP contribution in [0, 0.1) is 34.5 Å². The second-order valence-corrected chi connectivity index (χ2v) is 10.4. The number of aliphatic hydroxyl groups is 2. The fraction of sp³-hybridized carbons (Fsp3) is 0.909. The van der Waals surface area contributed by atoms with Crippen LogP contribution in [0.5, 0.6) is 0 Å². The summed E-state index contributed by atoms with van der Waals surface area (Å²) in [5.41, 5.74) is 1.72. The van der Waals surface area contributed by atoms with E-state index in [1.807, 2.05) is 13.8 Å². The lowest BCUT2D eigenvalue weighted by Crippen LogP contribution is -2.52. The third-order valence-electron chi connectivity index (χ3n) is 9.04. The van der Waals surface area contributed by atoms with Gasteiger partial charge in [-0.3, -0.25) is 0 Å². The van der Waals surface area contributed by atoms with Crippen molar-refractivity contribution in [3.8, 4) is 0 Å². The van der Waals surface area contributed by atoms with Crippen LogP contribution < -0.4 is 0 Å². The lowest BCUT2D eigenvalue weighted by Gasteiger charge is -2.59. The molecular weight excluding hydrogens is 296 g/mol. The summed E-state index contributed by atoms with van der Waals surface area (Å²) in [4.78, 5) is 0. The Balaban J connectivity index is 1.65. The van der Waals surface area contributed by atoms with Crippen molar-refractivity contribution in [1.82, 2.24) is 0 Å². The minimum atomic E-state index is -0.494. The lowest BCUT2D eigenvalue weighted by atomic mass is 9.46. The van der Waals surface area contributed by atoms with E-state index in [-0.39, 0.29) is 6.10 Å². The SMILES string of the molecule is CC(O)[C@H]1CC[C@H]2[C@@H]3CC=C4C[C@@](C)(O)CC[C@]4(C)[C@H]3CC[C@]12C. The summed E-state index contributed by atoms with van der Waals surface area (Å²) >= 11 is 0. The summed E-state index contributed by atoms with van der Waals surface area (Å²) in [7, 11) is 0. The molecule has 4 rings (SSSR count). The highest BCUT2D eigenvalue weighted by Crippen LogP contribution is 2.67. The van der Waals surface area contributed by atoms with E-state index in [1.54, 1.807) is 5.57 Å².